The van der Waals surface area contributed by atoms with E-state index < -0.39 is 0 Å². The van der Waals surface area contributed by atoms with Gasteiger partial charge >= 0.3 is 0 Å². The van der Waals surface area contributed by atoms with Crippen LogP contribution in [0.5, 0.6) is 0 Å². The Morgan fingerprint density at radius 1 is 1.05 bits per heavy atom. The van der Waals surface area contributed by atoms with Gasteiger partial charge in [-0.3, -0.25) is 0 Å². The molecule has 0 aliphatic carbocycles. The monoisotopic (exact) mass is 285 g/mol. The number of halogens is 1. The highest BCUT2D eigenvalue weighted by Gasteiger charge is 2.33. The average molecular weight is 285 g/mol. The predicted octanol–water partition coefficient (Wildman–Crippen LogP) is 3.54. The van der Waals surface area contributed by atoms with E-state index in [-0.39, 0.29) is 17.3 Å². The maximum Gasteiger partial charge on any atom is 0.123 e. The maximum absolute atomic E-state index is 13.2. The van der Waals surface area contributed by atoms with Gasteiger partial charge < -0.3 is 10.1 Å². The van der Waals surface area contributed by atoms with Crippen LogP contribution in [-0.4, -0.2) is 19.8 Å². The lowest BCUT2D eigenvalue weighted by atomic mass is 9.87. The molecule has 1 fully saturated rings. The Morgan fingerprint density at radius 3 is 2.24 bits per heavy atom. The summed E-state index contributed by atoms with van der Waals surface area (Å²) in [5.41, 5.74) is 2.46. The van der Waals surface area contributed by atoms with E-state index in [0.717, 1.165) is 25.3 Å². The van der Waals surface area contributed by atoms with E-state index in [1.165, 1.54) is 17.7 Å². The molecule has 0 aromatic heterocycles. The molecule has 2 nitrogen and oxygen atoms in total. The Bertz CT molecular complexity index is 578. The minimum atomic E-state index is -0.204. The number of nitrogens with one attached hydrogen (secondary N) is 1. The largest absolute Gasteiger partial charge is 0.380 e. The molecule has 1 aliphatic heterocycles. The molecule has 0 radical (unpaired) electrons. The third-order valence-electron chi connectivity index (χ3n) is 3.97. The van der Waals surface area contributed by atoms with Crippen molar-refractivity contribution < 1.29 is 9.13 Å². The quantitative estimate of drug-likeness (QED) is 0.907. The van der Waals surface area contributed by atoms with Crippen molar-refractivity contribution in [1.82, 2.24) is 5.32 Å². The minimum Gasteiger partial charge on any atom is -0.380 e. The van der Waals surface area contributed by atoms with Gasteiger partial charge in [-0.15, -0.1) is 0 Å². The van der Waals surface area contributed by atoms with Crippen molar-refractivity contribution in [3.63, 3.8) is 0 Å². The Kier molecular flexibility index (Phi) is 4.04. The van der Waals surface area contributed by atoms with Crippen LogP contribution < -0.4 is 5.32 Å². The van der Waals surface area contributed by atoms with Gasteiger partial charge in [-0.1, -0.05) is 49.4 Å². The van der Waals surface area contributed by atoms with Crippen LogP contribution in [0, 0.1) is 11.2 Å². The molecule has 0 bridgehead atoms. The number of hydrogen-bond acceptors (Lipinski definition) is 2. The van der Waals surface area contributed by atoms with Crippen LogP contribution in [0.1, 0.15) is 24.1 Å². The highest BCUT2D eigenvalue weighted by molar-refractivity contribution is 5.31. The first-order valence-electron chi connectivity index (χ1n) is 7.28. The van der Waals surface area contributed by atoms with Crippen molar-refractivity contribution in [1.29, 1.82) is 0 Å². The lowest BCUT2D eigenvalue weighted by Gasteiger charge is -2.39. The molecule has 1 atom stereocenters. The lowest BCUT2D eigenvalue weighted by molar-refractivity contribution is -0.0997. The summed E-state index contributed by atoms with van der Waals surface area (Å²) in [5.74, 6) is -0.204. The Balaban J connectivity index is 1.82. The summed E-state index contributed by atoms with van der Waals surface area (Å²) in [7, 11) is 0. The van der Waals surface area contributed by atoms with Gasteiger partial charge in [0.05, 0.1) is 19.3 Å². The Hall–Kier alpha value is -1.71. The molecular weight excluding hydrogens is 265 g/mol. The first-order valence-corrected chi connectivity index (χ1v) is 7.28. The molecule has 3 heteroatoms. The second-order valence-electron chi connectivity index (χ2n) is 6.08. The van der Waals surface area contributed by atoms with Crippen LogP contribution in [0.3, 0.4) is 0 Å². The van der Waals surface area contributed by atoms with Crippen LogP contribution in [0.15, 0.2) is 54.6 Å². The Morgan fingerprint density at radius 2 is 1.67 bits per heavy atom. The molecule has 1 heterocycles. The number of rotatable bonds is 5. The fraction of sp³-hybridized carbons (Fsp3) is 0.333. The Labute approximate surface area is 125 Å². The minimum absolute atomic E-state index is 0.0734. The van der Waals surface area contributed by atoms with Crippen molar-refractivity contribution in [2.75, 3.05) is 19.8 Å². The van der Waals surface area contributed by atoms with E-state index in [2.05, 4.69) is 24.4 Å². The highest BCUT2D eigenvalue weighted by atomic mass is 19.1. The third kappa shape index (κ3) is 3.31. The molecule has 21 heavy (non-hydrogen) atoms. The second-order valence-corrected chi connectivity index (χ2v) is 6.08. The molecule has 1 saturated heterocycles. The molecule has 110 valence electrons. The van der Waals surface area contributed by atoms with E-state index >= 15 is 0 Å². The summed E-state index contributed by atoms with van der Waals surface area (Å²) in [6.07, 6.45) is 0. The average Bonchev–Trinajstić information content (AvgIpc) is 2.48. The molecule has 1 N–H and O–H groups in total. The zero-order valence-corrected chi connectivity index (χ0v) is 12.2. The van der Waals surface area contributed by atoms with Gasteiger partial charge in [-0.25, -0.2) is 4.39 Å². The van der Waals surface area contributed by atoms with Gasteiger partial charge in [0.25, 0.3) is 0 Å². The van der Waals surface area contributed by atoms with Crippen LogP contribution in [0.25, 0.3) is 0 Å². The first-order chi connectivity index (χ1) is 10.2. The maximum atomic E-state index is 13.2. The summed E-state index contributed by atoms with van der Waals surface area (Å²) in [4.78, 5) is 0. The molecule has 0 amide bonds. The van der Waals surface area contributed by atoms with E-state index in [1.807, 2.05) is 30.3 Å². The van der Waals surface area contributed by atoms with Crippen molar-refractivity contribution >= 4 is 0 Å². The molecule has 2 aromatic carbocycles. The fourth-order valence-electron chi connectivity index (χ4n) is 2.63. The number of benzene rings is 2. The van der Waals surface area contributed by atoms with Crippen molar-refractivity contribution in [3.8, 4) is 0 Å². The zero-order chi connectivity index (χ0) is 14.7. The molecule has 1 unspecified atom stereocenters. The topological polar surface area (TPSA) is 21.3 Å². The van der Waals surface area contributed by atoms with Gasteiger partial charge in [-0.2, -0.15) is 0 Å². The number of ether oxygens (including phenoxy) is 1. The molecule has 0 saturated carbocycles. The SMILES string of the molecule is CC1(CNC(c2ccccc2)c2ccc(F)cc2)COC1. The third-order valence-corrected chi connectivity index (χ3v) is 3.97. The highest BCUT2D eigenvalue weighted by Crippen LogP contribution is 2.28. The van der Waals surface area contributed by atoms with E-state index in [0.29, 0.717) is 0 Å². The van der Waals surface area contributed by atoms with Gasteiger partial charge in [0, 0.05) is 12.0 Å². The summed E-state index contributed by atoms with van der Waals surface area (Å²) >= 11 is 0. The fourth-order valence-corrected chi connectivity index (χ4v) is 2.63. The van der Waals surface area contributed by atoms with E-state index in [9.17, 15) is 4.39 Å². The van der Waals surface area contributed by atoms with Crippen molar-refractivity contribution in [2.24, 2.45) is 5.41 Å². The predicted molar refractivity (Wildman–Crippen MR) is 81.6 cm³/mol. The van der Waals surface area contributed by atoms with Gasteiger partial charge in [0.2, 0.25) is 0 Å². The van der Waals surface area contributed by atoms with E-state index in [4.69, 9.17) is 4.74 Å². The lowest BCUT2D eigenvalue weighted by Crippen LogP contribution is -2.48. The number of hydrogen-bond donors (Lipinski definition) is 1. The van der Waals surface area contributed by atoms with Crippen molar-refractivity contribution in [2.45, 2.75) is 13.0 Å². The van der Waals surface area contributed by atoms with Crippen LogP contribution in [0.4, 0.5) is 4.39 Å². The van der Waals surface area contributed by atoms with E-state index in [1.54, 1.807) is 0 Å². The van der Waals surface area contributed by atoms with Crippen LogP contribution in [-0.2, 0) is 4.74 Å². The van der Waals surface area contributed by atoms with Crippen LogP contribution >= 0.6 is 0 Å². The zero-order valence-electron chi connectivity index (χ0n) is 12.2. The normalized spacial score (nSPS) is 18.0. The summed E-state index contributed by atoms with van der Waals surface area (Å²) in [5, 5.41) is 3.61. The molecular formula is C18H20FNO. The standard InChI is InChI=1S/C18H20FNO/c1-18(12-21-13-18)11-20-17(14-5-3-2-4-6-14)15-7-9-16(19)10-8-15/h2-10,17,20H,11-13H2,1H3. The summed E-state index contributed by atoms with van der Waals surface area (Å²) < 4.78 is 18.5. The van der Waals surface area contributed by atoms with Gasteiger partial charge in [-0.05, 0) is 23.3 Å². The first kappa shape index (κ1) is 14.2. The van der Waals surface area contributed by atoms with Crippen LogP contribution in [0.2, 0.25) is 0 Å². The second kappa shape index (κ2) is 5.96. The van der Waals surface area contributed by atoms with Gasteiger partial charge in [0.15, 0.2) is 0 Å². The molecule has 2 aromatic rings. The van der Waals surface area contributed by atoms with Crippen molar-refractivity contribution in [3.05, 3.63) is 71.5 Å². The summed E-state index contributed by atoms with van der Waals surface area (Å²) in [6, 6.07) is 17.1. The molecule has 1 aliphatic rings. The summed E-state index contributed by atoms with van der Waals surface area (Å²) in [6.45, 7) is 4.69. The molecule has 0 spiro atoms. The smallest absolute Gasteiger partial charge is 0.123 e. The molecule has 3 rings (SSSR count). The van der Waals surface area contributed by atoms with Gasteiger partial charge in [0.1, 0.15) is 5.82 Å².